The molecule has 3 N–H and O–H groups in total. The molecule has 1 aromatic carbocycles. The average Bonchev–Trinajstić information content (AvgIpc) is 3.11. The highest BCUT2D eigenvalue weighted by molar-refractivity contribution is 6.03. The summed E-state index contributed by atoms with van der Waals surface area (Å²) in [4.78, 5) is 19.1. The van der Waals surface area contributed by atoms with Crippen LogP contribution in [0.1, 0.15) is 42.9 Å². The van der Waals surface area contributed by atoms with Crippen LogP contribution in [0, 0.1) is 11.8 Å². The number of anilines is 1. The molecule has 6 nitrogen and oxygen atoms in total. The fourth-order valence-electron chi connectivity index (χ4n) is 4.55. The van der Waals surface area contributed by atoms with Gasteiger partial charge in [0.2, 0.25) is 5.91 Å². The first-order valence-corrected chi connectivity index (χ1v) is 11.0. The second-order valence-electron chi connectivity index (χ2n) is 9.00. The van der Waals surface area contributed by atoms with Crippen molar-refractivity contribution in [1.29, 1.82) is 0 Å². The van der Waals surface area contributed by atoms with Crippen LogP contribution in [0.2, 0.25) is 0 Å². The van der Waals surface area contributed by atoms with Crippen LogP contribution in [0.4, 0.5) is 18.9 Å². The van der Waals surface area contributed by atoms with E-state index in [0.717, 1.165) is 22.5 Å². The zero-order chi connectivity index (χ0) is 23.2. The Bertz CT molecular complexity index is 1150. The van der Waals surface area contributed by atoms with E-state index in [9.17, 15) is 18.0 Å². The van der Waals surface area contributed by atoms with E-state index in [1.54, 1.807) is 6.20 Å². The Morgan fingerprint density at radius 3 is 2.64 bits per heavy atom. The Kier molecular flexibility index (Phi) is 5.52. The highest BCUT2D eigenvalue weighted by Crippen LogP contribution is 2.40. The van der Waals surface area contributed by atoms with Gasteiger partial charge in [-0.1, -0.05) is 6.07 Å². The smallest absolute Gasteiger partial charge is 0.433 e. The van der Waals surface area contributed by atoms with Crippen LogP contribution < -0.4 is 10.1 Å². The number of nitrogens with zero attached hydrogens (tertiary/aromatic N) is 1. The number of aromatic amines is 1. The van der Waals surface area contributed by atoms with Crippen molar-refractivity contribution in [2.45, 2.75) is 43.9 Å². The van der Waals surface area contributed by atoms with E-state index in [-0.39, 0.29) is 36.4 Å². The molecule has 0 aliphatic heterocycles. The third-order valence-electron chi connectivity index (χ3n) is 6.72. The molecule has 2 aromatic heterocycles. The summed E-state index contributed by atoms with van der Waals surface area (Å²) in [5, 5.41) is 13.0. The molecule has 2 heterocycles. The number of alkyl halides is 3. The van der Waals surface area contributed by atoms with Crippen molar-refractivity contribution in [3.05, 3.63) is 54.0 Å². The van der Waals surface area contributed by atoms with E-state index < -0.39 is 11.9 Å². The Labute approximate surface area is 188 Å². The number of carbonyl (C=O) groups is 1. The number of nitrogens with one attached hydrogen (secondary N) is 2. The first kappa shape index (κ1) is 21.8. The number of fused-ring (bicyclic) bond motifs is 1. The first-order valence-electron chi connectivity index (χ1n) is 11.0. The summed E-state index contributed by atoms with van der Waals surface area (Å²) in [6, 6.07) is 8.14. The predicted molar refractivity (Wildman–Crippen MR) is 116 cm³/mol. The summed E-state index contributed by atoms with van der Waals surface area (Å²) in [6.45, 7) is 0.120. The number of hydrogen-bond acceptors (Lipinski definition) is 4. The third kappa shape index (κ3) is 4.42. The summed E-state index contributed by atoms with van der Waals surface area (Å²) in [5.74, 6) is 0.904. The predicted octanol–water partition coefficient (Wildman–Crippen LogP) is 4.86. The van der Waals surface area contributed by atoms with Crippen molar-refractivity contribution in [2.24, 2.45) is 11.8 Å². The Morgan fingerprint density at radius 2 is 1.97 bits per heavy atom. The highest BCUT2D eigenvalue weighted by Gasteiger charge is 2.36. The molecule has 0 atom stereocenters. The van der Waals surface area contributed by atoms with Crippen molar-refractivity contribution in [3.8, 4) is 5.75 Å². The molecular weight excluding hydrogens is 435 g/mol. The molecule has 33 heavy (non-hydrogen) atoms. The van der Waals surface area contributed by atoms with Crippen LogP contribution >= 0.6 is 0 Å². The molecule has 2 aliphatic carbocycles. The van der Waals surface area contributed by atoms with Crippen LogP contribution in [0.15, 0.2) is 42.7 Å². The molecule has 3 aromatic rings. The van der Waals surface area contributed by atoms with Gasteiger partial charge in [0.05, 0.1) is 11.8 Å². The molecule has 0 radical (unpaired) electrons. The fourth-order valence-corrected chi connectivity index (χ4v) is 4.55. The van der Waals surface area contributed by atoms with E-state index in [4.69, 9.17) is 9.84 Å². The molecule has 0 unspecified atom stereocenters. The zero-order valence-corrected chi connectivity index (χ0v) is 17.7. The number of amides is 1. The summed E-state index contributed by atoms with van der Waals surface area (Å²) in [5.41, 5.74) is 1.47. The summed E-state index contributed by atoms with van der Waals surface area (Å²) < 4.78 is 44.1. The lowest BCUT2D eigenvalue weighted by Crippen LogP contribution is -2.35. The van der Waals surface area contributed by atoms with E-state index in [2.05, 4.69) is 15.3 Å². The normalized spacial score (nSPS) is 24.7. The van der Waals surface area contributed by atoms with Crippen LogP contribution in [0.3, 0.4) is 0 Å². The molecular formula is C24H24F3N3O3. The Hall–Kier alpha value is -3.07. The van der Waals surface area contributed by atoms with Crippen molar-refractivity contribution in [2.75, 3.05) is 11.9 Å². The van der Waals surface area contributed by atoms with Gasteiger partial charge in [-0.2, -0.15) is 13.2 Å². The first-order chi connectivity index (χ1) is 15.8. The number of halogens is 3. The number of carbonyl (C=O) groups excluding carboxylic acids is 1. The average molecular weight is 459 g/mol. The van der Waals surface area contributed by atoms with Gasteiger partial charge in [0.15, 0.2) is 0 Å². The SMILES string of the molecule is O=C(Nc1c[nH]c2ccc(O[C@H]3C[C@H](c4ccc(C(F)(F)F)nc4)C3)cc12)[C@H]1C[C@@H](CO)C1. The van der Waals surface area contributed by atoms with Gasteiger partial charge in [0, 0.05) is 35.8 Å². The lowest BCUT2D eigenvalue weighted by atomic mass is 9.75. The minimum Gasteiger partial charge on any atom is -0.490 e. The third-order valence-corrected chi connectivity index (χ3v) is 6.72. The monoisotopic (exact) mass is 459 g/mol. The van der Waals surface area contributed by atoms with Gasteiger partial charge in [-0.05, 0) is 67.3 Å². The second-order valence-corrected chi connectivity index (χ2v) is 9.00. The van der Waals surface area contributed by atoms with Crippen LogP contribution in [-0.4, -0.2) is 33.7 Å². The molecule has 2 saturated carbocycles. The molecule has 9 heteroatoms. The zero-order valence-electron chi connectivity index (χ0n) is 17.7. The molecule has 0 bridgehead atoms. The Balaban J connectivity index is 1.19. The minimum absolute atomic E-state index is 0.0304. The van der Waals surface area contributed by atoms with Crippen molar-refractivity contribution in [1.82, 2.24) is 9.97 Å². The van der Waals surface area contributed by atoms with Gasteiger partial charge in [-0.15, -0.1) is 0 Å². The van der Waals surface area contributed by atoms with Gasteiger partial charge in [-0.3, -0.25) is 9.78 Å². The van der Waals surface area contributed by atoms with Crippen LogP contribution in [0.25, 0.3) is 10.9 Å². The van der Waals surface area contributed by atoms with Crippen molar-refractivity contribution >= 4 is 22.5 Å². The van der Waals surface area contributed by atoms with Crippen molar-refractivity contribution in [3.63, 3.8) is 0 Å². The summed E-state index contributed by atoms with van der Waals surface area (Å²) in [6.07, 6.45) is 1.41. The van der Waals surface area contributed by atoms with Gasteiger partial charge >= 0.3 is 6.18 Å². The van der Waals surface area contributed by atoms with Gasteiger partial charge < -0.3 is 20.1 Å². The number of ether oxygens (including phenoxy) is 1. The molecule has 174 valence electrons. The van der Waals surface area contributed by atoms with Crippen LogP contribution in [0.5, 0.6) is 5.75 Å². The standard InChI is InChI=1S/C24H24F3N3O3/c25-24(26,27)22-4-1-14(10-29-22)15-7-18(8-15)33-17-2-3-20-19(9-17)21(11-28-20)30-23(32)16-5-13(6-16)12-31/h1-4,9-11,13,15-16,18,28,31H,5-8,12H2,(H,30,32)/t13-,15-,16+,18-. The largest absolute Gasteiger partial charge is 0.490 e. The maximum absolute atomic E-state index is 12.7. The minimum atomic E-state index is -4.43. The van der Waals surface area contributed by atoms with Gasteiger partial charge in [0.25, 0.3) is 0 Å². The molecule has 2 fully saturated rings. The molecule has 5 rings (SSSR count). The summed E-state index contributed by atoms with van der Waals surface area (Å²) >= 11 is 0. The van der Waals surface area contributed by atoms with E-state index in [0.29, 0.717) is 37.1 Å². The Morgan fingerprint density at radius 1 is 1.18 bits per heavy atom. The van der Waals surface area contributed by atoms with E-state index in [1.165, 1.54) is 12.3 Å². The molecule has 0 saturated heterocycles. The molecule has 2 aliphatic rings. The fraction of sp³-hybridized carbons (Fsp3) is 0.417. The maximum atomic E-state index is 12.7. The number of benzene rings is 1. The molecule has 1 amide bonds. The highest BCUT2D eigenvalue weighted by atomic mass is 19.4. The number of aliphatic hydroxyl groups is 1. The lowest BCUT2D eigenvalue weighted by Gasteiger charge is -2.35. The number of aliphatic hydroxyl groups excluding tert-OH is 1. The number of H-pyrrole nitrogens is 1. The summed E-state index contributed by atoms with van der Waals surface area (Å²) in [7, 11) is 0. The molecule has 0 spiro atoms. The van der Waals surface area contributed by atoms with Gasteiger partial charge in [0.1, 0.15) is 11.4 Å². The lowest BCUT2D eigenvalue weighted by molar-refractivity contribution is -0.141. The number of pyridine rings is 1. The number of hydrogen-bond donors (Lipinski definition) is 3. The topological polar surface area (TPSA) is 87.2 Å². The maximum Gasteiger partial charge on any atom is 0.433 e. The second kappa shape index (κ2) is 8.37. The van der Waals surface area contributed by atoms with E-state index in [1.807, 2.05) is 18.2 Å². The van der Waals surface area contributed by atoms with E-state index >= 15 is 0 Å². The quantitative estimate of drug-likeness (QED) is 0.491. The number of aromatic nitrogens is 2. The van der Waals surface area contributed by atoms with Crippen LogP contribution in [-0.2, 0) is 11.0 Å². The van der Waals surface area contributed by atoms with Crippen molar-refractivity contribution < 1.29 is 27.8 Å². The number of rotatable bonds is 6. The van der Waals surface area contributed by atoms with Gasteiger partial charge in [-0.25, -0.2) is 0 Å².